The summed E-state index contributed by atoms with van der Waals surface area (Å²) in [7, 11) is 1.58. The van der Waals surface area contributed by atoms with E-state index >= 15 is 0 Å². The maximum absolute atomic E-state index is 11.7. The van der Waals surface area contributed by atoms with Crippen LogP contribution in [0.5, 0.6) is 5.75 Å². The minimum atomic E-state index is -0.350. The van der Waals surface area contributed by atoms with Crippen molar-refractivity contribution < 1.29 is 9.53 Å². The normalized spacial score (nSPS) is 9.53. The van der Waals surface area contributed by atoms with E-state index in [2.05, 4.69) is 16.2 Å². The number of nitrogens with one attached hydrogen (secondary N) is 3. The number of hydrogen-bond acceptors (Lipinski definition) is 3. The largest absolute Gasteiger partial charge is 0.497 e. The molecule has 0 aliphatic carbocycles. The molecule has 0 aliphatic rings. The fourth-order valence-corrected chi connectivity index (χ4v) is 1.51. The second-order valence-electron chi connectivity index (χ2n) is 3.80. The number of hydrazine groups is 1. The van der Waals surface area contributed by atoms with Crippen molar-refractivity contribution in [2.24, 2.45) is 0 Å². The minimum absolute atomic E-state index is 0.350. The fraction of sp³-hybridized carbons (Fsp3) is 0.0714. The standard InChI is InChI=1S/C14H15N3O2/c1-19-13-9-5-8-12(10-13)15-14(18)17-16-11-6-3-2-4-7-11/h2-10,16H,1H3,(H2,15,17,18). The first kappa shape index (κ1) is 12.8. The molecule has 2 aromatic carbocycles. The molecule has 2 aromatic rings. The summed E-state index contributed by atoms with van der Waals surface area (Å²) in [4.78, 5) is 11.7. The summed E-state index contributed by atoms with van der Waals surface area (Å²) >= 11 is 0. The summed E-state index contributed by atoms with van der Waals surface area (Å²) in [5.74, 6) is 0.689. The number of para-hydroxylation sites is 1. The van der Waals surface area contributed by atoms with E-state index in [0.29, 0.717) is 11.4 Å². The van der Waals surface area contributed by atoms with Gasteiger partial charge in [-0.1, -0.05) is 24.3 Å². The molecule has 0 bridgehead atoms. The Morgan fingerprint density at radius 3 is 2.47 bits per heavy atom. The lowest BCUT2D eigenvalue weighted by Gasteiger charge is -2.10. The third-order valence-corrected chi connectivity index (χ3v) is 2.42. The van der Waals surface area contributed by atoms with E-state index in [1.165, 1.54) is 0 Å². The van der Waals surface area contributed by atoms with E-state index in [-0.39, 0.29) is 6.03 Å². The minimum Gasteiger partial charge on any atom is -0.497 e. The van der Waals surface area contributed by atoms with Crippen LogP contribution in [0.15, 0.2) is 54.6 Å². The lowest BCUT2D eigenvalue weighted by atomic mass is 10.3. The van der Waals surface area contributed by atoms with Gasteiger partial charge in [0.1, 0.15) is 5.75 Å². The van der Waals surface area contributed by atoms with Gasteiger partial charge in [-0.05, 0) is 24.3 Å². The van der Waals surface area contributed by atoms with Gasteiger partial charge in [-0.2, -0.15) is 0 Å². The number of urea groups is 1. The summed E-state index contributed by atoms with van der Waals surface area (Å²) in [6.45, 7) is 0. The molecule has 98 valence electrons. The Hall–Kier alpha value is -2.69. The lowest BCUT2D eigenvalue weighted by Crippen LogP contribution is -2.33. The third kappa shape index (κ3) is 3.92. The molecule has 0 radical (unpaired) electrons. The Morgan fingerprint density at radius 1 is 1.00 bits per heavy atom. The Morgan fingerprint density at radius 2 is 1.74 bits per heavy atom. The number of carbonyl (C=O) groups is 1. The molecule has 0 saturated heterocycles. The van der Waals surface area contributed by atoms with Gasteiger partial charge in [0.2, 0.25) is 0 Å². The summed E-state index contributed by atoms with van der Waals surface area (Å²) in [5, 5.41) is 2.69. The van der Waals surface area contributed by atoms with E-state index in [4.69, 9.17) is 4.74 Å². The molecule has 0 aromatic heterocycles. The van der Waals surface area contributed by atoms with E-state index in [1.54, 1.807) is 25.3 Å². The van der Waals surface area contributed by atoms with Crippen LogP contribution in [0.4, 0.5) is 16.2 Å². The first-order chi connectivity index (χ1) is 9.28. The number of rotatable bonds is 4. The molecule has 0 atom stereocenters. The van der Waals surface area contributed by atoms with Crippen molar-refractivity contribution in [3.63, 3.8) is 0 Å². The average Bonchev–Trinajstić information content (AvgIpc) is 2.46. The highest BCUT2D eigenvalue weighted by molar-refractivity contribution is 5.90. The molecular weight excluding hydrogens is 242 g/mol. The number of carbonyl (C=O) groups excluding carboxylic acids is 1. The predicted octanol–water partition coefficient (Wildman–Crippen LogP) is 2.84. The van der Waals surface area contributed by atoms with Crippen LogP contribution in [0, 0.1) is 0 Å². The number of benzene rings is 2. The number of ether oxygens (including phenoxy) is 1. The van der Waals surface area contributed by atoms with Gasteiger partial charge in [0.05, 0.1) is 12.8 Å². The van der Waals surface area contributed by atoms with Crippen molar-refractivity contribution in [1.29, 1.82) is 0 Å². The van der Waals surface area contributed by atoms with Crippen LogP contribution in [-0.2, 0) is 0 Å². The Labute approximate surface area is 111 Å². The third-order valence-electron chi connectivity index (χ3n) is 2.42. The van der Waals surface area contributed by atoms with Gasteiger partial charge in [-0.3, -0.25) is 10.9 Å². The molecule has 0 spiro atoms. The summed E-state index contributed by atoms with van der Waals surface area (Å²) in [6.07, 6.45) is 0. The number of methoxy groups -OCH3 is 1. The molecule has 3 N–H and O–H groups in total. The number of anilines is 2. The molecule has 0 aliphatic heterocycles. The van der Waals surface area contributed by atoms with Crippen molar-refractivity contribution in [3.05, 3.63) is 54.6 Å². The molecule has 2 amide bonds. The quantitative estimate of drug-likeness (QED) is 0.738. The molecule has 19 heavy (non-hydrogen) atoms. The second-order valence-corrected chi connectivity index (χ2v) is 3.80. The van der Waals surface area contributed by atoms with E-state index in [0.717, 1.165) is 5.69 Å². The molecule has 5 heteroatoms. The van der Waals surface area contributed by atoms with Crippen molar-refractivity contribution in [1.82, 2.24) is 5.43 Å². The molecule has 0 saturated carbocycles. The summed E-state index contributed by atoms with van der Waals surface area (Å²) in [6, 6.07) is 16.2. The van der Waals surface area contributed by atoms with Crippen LogP contribution in [-0.4, -0.2) is 13.1 Å². The zero-order valence-electron chi connectivity index (χ0n) is 10.5. The zero-order chi connectivity index (χ0) is 13.5. The van der Waals surface area contributed by atoms with Crippen LogP contribution in [0.1, 0.15) is 0 Å². The van der Waals surface area contributed by atoms with Gasteiger partial charge < -0.3 is 10.1 Å². The monoisotopic (exact) mass is 257 g/mol. The van der Waals surface area contributed by atoms with Crippen LogP contribution in [0.25, 0.3) is 0 Å². The van der Waals surface area contributed by atoms with Crippen LogP contribution in [0.2, 0.25) is 0 Å². The van der Waals surface area contributed by atoms with Crippen molar-refractivity contribution in [3.8, 4) is 5.75 Å². The van der Waals surface area contributed by atoms with Gasteiger partial charge in [0.15, 0.2) is 0 Å². The van der Waals surface area contributed by atoms with Gasteiger partial charge >= 0.3 is 6.03 Å². The van der Waals surface area contributed by atoms with E-state index < -0.39 is 0 Å². The van der Waals surface area contributed by atoms with E-state index in [1.807, 2.05) is 36.4 Å². The van der Waals surface area contributed by atoms with Gasteiger partial charge in [0.25, 0.3) is 0 Å². The van der Waals surface area contributed by atoms with Crippen LogP contribution < -0.4 is 20.9 Å². The van der Waals surface area contributed by atoms with E-state index in [9.17, 15) is 4.79 Å². The Balaban J connectivity index is 1.87. The van der Waals surface area contributed by atoms with Crippen molar-refractivity contribution >= 4 is 17.4 Å². The highest BCUT2D eigenvalue weighted by Gasteiger charge is 2.01. The maximum Gasteiger partial charge on any atom is 0.337 e. The molecule has 0 fully saturated rings. The average molecular weight is 257 g/mol. The molecule has 5 nitrogen and oxygen atoms in total. The SMILES string of the molecule is COc1cccc(NC(=O)NNc2ccccc2)c1. The smallest absolute Gasteiger partial charge is 0.337 e. The number of hydrogen-bond donors (Lipinski definition) is 3. The predicted molar refractivity (Wildman–Crippen MR) is 75.2 cm³/mol. The van der Waals surface area contributed by atoms with Gasteiger partial charge in [-0.25, -0.2) is 4.79 Å². The molecule has 0 heterocycles. The first-order valence-electron chi connectivity index (χ1n) is 5.80. The zero-order valence-corrected chi connectivity index (χ0v) is 10.5. The second kappa shape index (κ2) is 6.30. The highest BCUT2D eigenvalue weighted by atomic mass is 16.5. The van der Waals surface area contributed by atoms with Crippen molar-refractivity contribution in [2.45, 2.75) is 0 Å². The Kier molecular flexibility index (Phi) is 4.23. The topological polar surface area (TPSA) is 62.4 Å². The van der Waals surface area contributed by atoms with Crippen molar-refractivity contribution in [2.75, 3.05) is 17.9 Å². The van der Waals surface area contributed by atoms with Gasteiger partial charge in [0, 0.05) is 11.8 Å². The number of amides is 2. The highest BCUT2D eigenvalue weighted by Crippen LogP contribution is 2.16. The van der Waals surface area contributed by atoms with Gasteiger partial charge in [-0.15, -0.1) is 0 Å². The maximum atomic E-state index is 11.7. The van der Waals surface area contributed by atoms with Crippen LogP contribution in [0.3, 0.4) is 0 Å². The first-order valence-corrected chi connectivity index (χ1v) is 5.80. The lowest BCUT2D eigenvalue weighted by molar-refractivity contribution is 0.254. The fourth-order valence-electron chi connectivity index (χ4n) is 1.51. The summed E-state index contributed by atoms with van der Waals surface area (Å²) < 4.78 is 5.08. The Bertz CT molecular complexity index is 543. The molecule has 0 unspecified atom stereocenters. The molecule has 2 rings (SSSR count). The van der Waals surface area contributed by atoms with Crippen LogP contribution >= 0.6 is 0 Å². The summed E-state index contributed by atoms with van der Waals surface area (Å²) in [5.41, 5.74) is 6.81. The molecular formula is C14H15N3O2.